The molecule has 3 aromatic carbocycles. The van der Waals surface area contributed by atoms with Gasteiger partial charge in [0.2, 0.25) is 11.8 Å². The summed E-state index contributed by atoms with van der Waals surface area (Å²) in [5.74, 6) is -6.19. The largest absolute Gasteiger partial charge is 0.508 e. The summed E-state index contributed by atoms with van der Waals surface area (Å²) in [6.45, 7) is 1.69. The maximum Gasteiger partial charge on any atom is 0.258 e. The second-order valence-electron chi connectivity index (χ2n) is 11.8. The van der Waals surface area contributed by atoms with E-state index in [9.17, 15) is 28.7 Å². The number of hydrogen-bond donors (Lipinski definition) is 1. The Morgan fingerprint density at radius 2 is 1.48 bits per heavy atom. The third-order valence-corrected chi connectivity index (χ3v) is 11.2. The molecule has 3 fully saturated rings. The first-order valence-corrected chi connectivity index (χ1v) is 15.2. The summed E-state index contributed by atoms with van der Waals surface area (Å²) >= 11 is 20.7. The van der Waals surface area contributed by atoms with Crippen LogP contribution in [0.15, 0.2) is 78.4 Å². The van der Waals surface area contributed by atoms with Gasteiger partial charge in [0.1, 0.15) is 11.6 Å². The Balaban J connectivity index is 1.40. The number of phenols is 1. The van der Waals surface area contributed by atoms with Crippen LogP contribution in [0.25, 0.3) is 0 Å². The average molecular weight is 654 g/mol. The third-order valence-electron chi connectivity index (χ3n) is 9.53. The van der Waals surface area contributed by atoms with Crippen molar-refractivity contribution < 1.29 is 28.7 Å². The Kier molecular flexibility index (Phi) is 6.52. The fourth-order valence-corrected chi connectivity index (χ4v) is 8.54. The number of carbonyl (C=O) groups excluding carboxylic acids is 4. The molecule has 7 rings (SSSR count). The smallest absolute Gasteiger partial charge is 0.258 e. The van der Waals surface area contributed by atoms with E-state index in [0.717, 1.165) is 21.9 Å². The molecular formula is C33H24Cl3FN2O5. The second kappa shape index (κ2) is 9.89. The SMILES string of the molecule is Cc1cc([C@H]2C3=CC[C@@H]4C(=O)N(c5ccc(Cl)cc5)C(=O)[C@@H]4[C@@H]3C[C@@]3(Cl)C(=O)N(c4ccc(F)cc4)C(=O)[C@@]23Cl)ccc1O. The fourth-order valence-electron chi connectivity index (χ4n) is 7.48. The van der Waals surface area contributed by atoms with Crippen LogP contribution < -0.4 is 9.80 Å². The number of rotatable bonds is 3. The highest BCUT2D eigenvalue weighted by atomic mass is 35.5. The standard InChI is InChI=1S/C33H24Cl3FN2O5/c1-16-14-17(2-13-25(16)40)27-22-11-12-23-26(29(42)38(28(23)41)20-7-3-18(34)4-8-20)24(22)15-32(35)30(43)39(31(44)33(27,32)36)21-9-5-19(37)6-10-21/h2-11,13-14,23-24,26-27,40H,12,15H2,1H3/t23-,24+,26-,27-,32+,33-/m0/s1. The van der Waals surface area contributed by atoms with Crippen molar-refractivity contribution in [3.8, 4) is 5.75 Å². The lowest BCUT2D eigenvalue weighted by molar-refractivity contribution is -0.125. The molecule has 0 bridgehead atoms. The molecule has 4 amide bonds. The van der Waals surface area contributed by atoms with Gasteiger partial charge in [0.05, 0.1) is 23.2 Å². The molecule has 3 aromatic rings. The number of hydrogen-bond acceptors (Lipinski definition) is 5. The van der Waals surface area contributed by atoms with Gasteiger partial charge < -0.3 is 5.11 Å². The van der Waals surface area contributed by atoms with Gasteiger partial charge in [-0.2, -0.15) is 0 Å². The van der Waals surface area contributed by atoms with E-state index in [1.54, 1.807) is 43.3 Å². The number of alkyl halides is 2. The van der Waals surface area contributed by atoms with Crippen LogP contribution in [0.1, 0.15) is 29.9 Å². The molecule has 1 saturated carbocycles. The zero-order valence-electron chi connectivity index (χ0n) is 23.1. The van der Waals surface area contributed by atoms with E-state index >= 15 is 0 Å². The monoisotopic (exact) mass is 652 g/mol. The number of allylic oxidation sites excluding steroid dienone is 2. The number of fused-ring (bicyclic) bond motifs is 4. The van der Waals surface area contributed by atoms with Crippen LogP contribution >= 0.6 is 34.8 Å². The van der Waals surface area contributed by atoms with Crippen LogP contribution in [0.3, 0.4) is 0 Å². The summed E-state index contributed by atoms with van der Waals surface area (Å²) in [6, 6.07) is 16.0. The Bertz CT molecular complexity index is 1810. The van der Waals surface area contributed by atoms with Crippen LogP contribution in [0.5, 0.6) is 5.75 Å². The van der Waals surface area contributed by atoms with Gasteiger partial charge in [-0.3, -0.25) is 24.1 Å². The van der Waals surface area contributed by atoms with Crippen LogP contribution in [0.2, 0.25) is 5.02 Å². The van der Waals surface area contributed by atoms with Gasteiger partial charge in [0.15, 0.2) is 9.75 Å². The normalized spacial score (nSPS) is 31.2. The zero-order chi connectivity index (χ0) is 31.3. The van der Waals surface area contributed by atoms with Gasteiger partial charge in [0, 0.05) is 10.9 Å². The molecule has 0 unspecified atom stereocenters. The van der Waals surface area contributed by atoms with Gasteiger partial charge in [-0.05, 0) is 91.4 Å². The number of nitrogens with zero attached hydrogens (tertiary/aromatic N) is 2. The molecule has 11 heteroatoms. The number of phenolic OH excluding ortho intramolecular Hbond substituents is 1. The van der Waals surface area contributed by atoms with Crippen molar-refractivity contribution in [2.24, 2.45) is 17.8 Å². The summed E-state index contributed by atoms with van der Waals surface area (Å²) in [7, 11) is 0. The molecular weight excluding hydrogens is 630 g/mol. The molecule has 2 heterocycles. The first kappa shape index (κ1) is 29.0. The van der Waals surface area contributed by atoms with E-state index in [0.29, 0.717) is 27.4 Å². The van der Waals surface area contributed by atoms with Gasteiger partial charge in [0.25, 0.3) is 11.8 Å². The van der Waals surface area contributed by atoms with E-state index < -0.39 is 57.0 Å². The van der Waals surface area contributed by atoms with Crippen molar-refractivity contribution >= 4 is 69.8 Å². The van der Waals surface area contributed by atoms with Crippen molar-refractivity contribution in [2.75, 3.05) is 9.80 Å². The summed E-state index contributed by atoms with van der Waals surface area (Å²) < 4.78 is 13.8. The number of halogens is 4. The number of carbonyl (C=O) groups is 4. The van der Waals surface area contributed by atoms with Gasteiger partial charge in [-0.25, -0.2) is 9.29 Å². The number of anilines is 2. The van der Waals surface area contributed by atoms with E-state index in [4.69, 9.17) is 34.8 Å². The van der Waals surface area contributed by atoms with Gasteiger partial charge >= 0.3 is 0 Å². The summed E-state index contributed by atoms with van der Waals surface area (Å²) in [5, 5.41) is 10.7. The highest BCUT2D eigenvalue weighted by Gasteiger charge is 2.76. The first-order valence-electron chi connectivity index (χ1n) is 14.0. The maximum atomic E-state index is 14.4. The Labute approximate surface area is 266 Å². The van der Waals surface area contributed by atoms with Crippen LogP contribution in [0.4, 0.5) is 15.8 Å². The Hall–Kier alpha value is -3.72. The molecule has 2 aliphatic heterocycles. The van der Waals surface area contributed by atoms with E-state index in [-0.39, 0.29) is 30.2 Å². The van der Waals surface area contributed by atoms with Crippen molar-refractivity contribution in [1.82, 2.24) is 0 Å². The fraction of sp³-hybridized carbons (Fsp3) is 0.273. The third kappa shape index (κ3) is 3.80. The van der Waals surface area contributed by atoms with Gasteiger partial charge in [-0.15, -0.1) is 23.2 Å². The van der Waals surface area contributed by atoms with Crippen molar-refractivity contribution in [3.05, 3.63) is 100 Å². The predicted molar refractivity (Wildman–Crippen MR) is 163 cm³/mol. The lowest BCUT2D eigenvalue weighted by Crippen LogP contribution is -2.60. The molecule has 0 radical (unpaired) electrons. The lowest BCUT2D eigenvalue weighted by Gasteiger charge is -2.50. The molecule has 2 saturated heterocycles. The van der Waals surface area contributed by atoms with Crippen molar-refractivity contribution in [3.63, 3.8) is 0 Å². The van der Waals surface area contributed by atoms with E-state index in [1.165, 1.54) is 18.2 Å². The van der Waals surface area contributed by atoms with Crippen molar-refractivity contribution in [1.29, 1.82) is 0 Å². The number of aryl methyl sites for hydroxylation is 1. The molecule has 44 heavy (non-hydrogen) atoms. The minimum absolute atomic E-state index is 0.0245. The van der Waals surface area contributed by atoms with Gasteiger partial charge in [-0.1, -0.05) is 35.4 Å². The van der Waals surface area contributed by atoms with Crippen molar-refractivity contribution in [2.45, 2.75) is 35.4 Å². The molecule has 224 valence electrons. The molecule has 0 aromatic heterocycles. The first-order chi connectivity index (χ1) is 20.9. The highest BCUT2D eigenvalue weighted by Crippen LogP contribution is 2.66. The average Bonchev–Trinajstić information content (AvgIpc) is 3.33. The number of amides is 4. The number of benzene rings is 3. The number of imide groups is 2. The summed E-state index contributed by atoms with van der Waals surface area (Å²) in [4.78, 5) is 54.4. The Morgan fingerprint density at radius 1 is 0.841 bits per heavy atom. The lowest BCUT2D eigenvalue weighted by atomic mass is 9.56. The molecule has 0 spiro atoms. The second-order valence-corrected chi connectivity index (χ2v) is 13.5. The van der Waals surface area contributed by atoms with E-state index in [2.05, 4.69) is 0 Å². The molecule has 4 aliphatic rings. The minimum Gasteiger partial charge on any atom is -0.508 e. The maximum absolute atomic E-state index is 14.4. The zero-order valence-corrected chi connectivity index (χ0v) is 25.4. The summed E-state index contributed by atoms with van der Waals surface area (Å²) in [6.07, 6.45) is 1.87. The molecule has 6 atom stereocenters. The number of aromatic hydroxyl groups is 1. The topological polar surface area (TPSA) is 95.0 Å². The molecule has 1 N–H and O–H groups in total. The van der Waals surface area contributed by atoms with E-state index in [1.807, 2.05) is 6.08 Å². The minimum atomic E-state index is -2.04. The quantitative estimate of drug-likeness (QED) is 0.205. The molecule has 7 nitrogen and oxygen atoms in total. The summed E-state index contributed by atoms with van der Waals surface area (Å²) in [5.41, 5.74) is 2.13. The van der Waals surface area contributed by atoms with Crippen LogP contribution in [-0.4, -0.2) is 38.5 Å². The van der Waals surface area contributed by atoms with Crippen LogP contribution in [0, 0.1) is 30.5 Å². The van der Waals surface area contributed by atoms with Crippen LogP contribution in [-0.2, 0) is 19.2 Å². The highest BCUT2D eigenvalue weighted by molar-refractivity contribution is 6.58. The Morgan fingerprint density at radius 3 is 2.14 bits per heavy atom. The predicted octanol–water partition coefficient (Wildman–Crippen LogP) is 6.26. The molecule has 2 aliphatic carbocycles.